The maximum absolute atomic E-state index is 13.4. The number of esters is 1. The molecule has 0 N–H and O–H groups in total. The third kappa shape index (κ3) is 4.66. The third-order valence-corrected chi connectivity index (χ3v) is 5.01. The van der Waals surface area contributed by atoms with Gasteiger partial charge in [-0.05, 0) is 70.0 Å². The molecule has 29 heavy (non-hydrogen) atoms. The molecule has 0 amide bonds. The van der Waals surface area contributed by atoms with E-state index in [0.717, 1.165) is 22.4 Å². The van der Waals surface area contributed by atoms with Crippen LogP contribution in [0.3, 0.4) is 0 Å². The van der Waals surface area contributed by atoms with Crippen molar-refractivity contribution in [2.45, 2.75) is 58.5 Å². The topological polar surface area (TPSA) is 48.4 Å². The molecule has 0 saturated carbocycles. The van der Waals surface area contributed by atoms with E-state index in [4.69, 9.17) is 14.5 Å². The summed E-state index contributed by atoms with van der Waals surface area (Å²) in [5.74, 6) is 0.165. The minimum atomic E-state index is -0.505. The van der Waals surface area contributed by atoms with E-state index in [1.165, 1.54) is 12.1 Å². The van der Waals surface area contributed by atoms with Gasteiger partial charge in [0.2, 0.25) is 0 Å². The fraction of sp³-hybridized carbons (Fsp3) is 0.417. The lowest BCUT2D eigenvalue weighted by Crippen LogP contribution is -2.28. The lowest BCUT2D eigenvalue weighted by Gasteiger charge is -2.24. The Hall–Kier alpha value is -2.69. The van der Waals surface area contributed by atoms with Gasteiger partial charge < -0.3 is 9.47 Å². The van der Waals surface area contributed by atoms with Crippen LogP contribution in [0.15, 0.2) is 36.9 Å². The van der Waals surface area contributed by atoms with Gasteiger partial charge in [-0.1, -0.05) is 13.5 Å². The van der Waals surface area contributed by atoms with Crippen LogP contribution in [0, 0.1) is 5.82 Å². The predicted molar refractivity (Wildman–Crippen MR) is 112 cm³/mol. The molecule has 1 unspecified atom stereocenters. The second kappa shape index (κ2) is 7.62. The Morgan fingerprint density at radius 3 is 2.55 bits per heavy atom. The normalized spacial score (nSPS) is 18.1. The minimum Gasteiger partial charge on any atom is -0.490 e. The van der Waals surface area contributed by atoms with Crippen molar-refractivity contribution < 1.29 is 18.7 Å². The summed E-state index contributed by atoms with van der Waals surface area (Å²) in [5, 5.41) is 0. The second-order valence-electron chi connectivity index (χ2n) is 8.96. The highest BCUT2D eigenvalue weighted by Crippen LogP contribution is 2.47. The first kappa shape index (κ1) is 21.0. The first-order valence-electron chi connectivity index (χ1n) is 9.80. The molecule has 3 rings (SSSR count). The number of hydrogen-bond donors (Lipinski definition) is 0. The summed E-state index contributed by atoms with van der Waals surface area (Å²) in [6.45, 7) is 14.0. The van der Waals surface area contributed by atoms with Gasteiger partial charge >= 0.3 is 5.97 Å². The van der Waals surface area contributed by atoms with E-state index in [1.54, 1.807) is 12.1 Å². The maximum Gasteiger partial charge on any atom is 0.306 e. The van der Waals surface area contributed by atoms with E-state index in [9.17, 15) is 9.18 Å². The first-order chi connectivity index (χ1) is 13.5. The Kier molecular flexibility index (Phi) is 5.52. The number of allylic oxidation sites excluding steroid dienone is 1. The standard InChI is InChI=1S/C24H28FNO3/c1-15(2)19-13-18-22(21(26-19)16-7-9-17(25)10-8-16)28-14-24(18,6)12-11-20(27)29-23(3,4)5/h7-10,13H,1,11-12,14H2,2-6H3. The van der Waals surface area contributed by atoms with Crippen LogP contribution in [0.25, 0.3) is 16.8 Å². The molecule has 0 fully saturated rings. The van der Waals surface area contributed by atoms with Crippen LogP contribution < -0.4 is 4.74 Å². The van der Waals surface area contributed by atoms with Gasteiger partial charge in [0.05, 0.1) is 12.3 Å². The van der Waals surface area contributed by atoms with Gasteiger partial charge in [0.1, 0.15) is 22.9 Å². The number of ether oxygens (including phenoxy) is 2. The average molecular weight is 397 g/mol. The van der Waals surface area contributed by atoms with E-state index < -0.39 is 5.60 Å². The minimum absolute atomic E-state index is 0.222. The smallest absolute Gasteiger partial charge is 0.306 e. The molecule has 0 bridgehead atoms. The molecule has 0 saturated heterocycles. The lowest BCUT2D eigenvalue weighted by atomic mass is 9.79. The van der Waals surface area contributed by atoms with E-state index in [2.05, 4.69) is 13.5 Å². The average Bonchev–Trinajstić information content (AvgIpc) is 2.96. The molecule has 2 aromatic rings. The number of pyridine rings is 1. The van der Waals surface area contributed by atoms with Crippen LogP contribution in [0.2, 0.25) is 0 Å². The van der Waals surface area contributed by atoms with Crippen molar-refractivity contribution in [3.63, 3.8) is 0 Å². The summed E-state index contributed by atoms with van der Waals surface area (Å²) in [6, 6.07) is 8.20. The monoisotopic (exact) mass is 397 g/mol. The van der Waals surface area contributed by atoms with Crippen LogP contribution >= 0.6 is 0 Å². The van der Waals surface area contributed by atoms with Crippen LogP contribution in [-0.2, 0) is 14.9 Å². The lowest BCUT2D eigenvalue weighted by molar-refractivity contribution is -0.155. The number of rotatable bonds is 5. The van der Waals surface area contributed by atoms with Gasteiger partial charge in [-0.3, -0.25) is 4.79 Å². The van der Waals surface area contributed by atoms with Crippen molar-refractivity contribution in [2.24, 2.45) is 0 Å². The maximum atomic E-state index is 13.4. The summed E-state index contributed by atoms with van der Waals surface area (Å²) in [4.78, 5) is 17.0. The molecule has 1 aliphatic rings. The number of carbonyl (C=O) groups excluding carboxylic acids is 1. The number of aromatic nitrogens is 1. The fourth-order valence-corrected chi connectivity index (χ4v) is 3.44. The summed E-state index contributed by atoms with van der Waals surface area (Å²) < 4.78 is 24.9. The van der Waals surface area contributed by atoms with E-state index in [-0.39, 0.29) is 17.2 Å². The van der Waals surface area contributed by atoms with Gasteiger partial charge in [-0.25, -0.2) is 9.37 Å². The van der Waals surface area contributed by atoms with Crippen molar-refractivity contribution in [2.75, 3.05) is 6.61 Å². The molecule has 154 valence electrons. The summed E-state index contributed by atoms with van der Waals surface area (Å²) in [5.41, 5.74) is 3.18. The largest absolute Gasteiger partial charge is 0.490 e. The molecule has 1 atom stereocenters. The SMILES string of the molecule is C=C(C)c1cc2c(c(-c3ccc(F)cc3)n1)OCC2(C)CCC(=O)OC(C)(C)C. The molecule has 2 heterocycles. The Bertz CT molecular complexity index is 944. The first-order valence-corrected chi connectivity index (χ1v) is 9.80. The zero-order chi connectivity index (χ0) is 21.4. The number of fused-ring (bicyclic) bond motifs is 1. The third-order valence-electron chi connectivity index (χ3n) is 5.01. The van der Waals surface area contributed by atoms with Crippen LogP contribution in [-0.4, -0.2) is 23.2 Å². The van der Waals surface area contributed by atoms with Crippen molar-refractivity contribution in [1.82, 2.24) is 4.98 Å². The summed E-state index contributed by atoms with van der Waals surface area (Å²) in [6.07, 6.45) is 0.893. The van der Waals surface area contributed by atoms with Gasteiger partial charge in [-0.15, -0.1) is 0 Å². The van der Waals surface area contributed by atoms with Gasteiger partial charge in [0.15, 0.2) is 0 Å². The molecule has 0 radical (unpaired) electrons. The van der Waals surface area contributed by atoms with Crippen LogP contribution in [0.5, 0.6) is 5.75 Å². The highest BCUT2D eigenvalue weighted by atomic mass is 19.1. The Morgan fingerprint density at radius 2 is 1.97 bits per heavy atom. The molecular weight excluding hydrogens is 369 g/mol. The summed E-state index contributed by atoms with van der Waals surface area (Å²) >= 11 is 0. The van der Waals surface area contributed by atoms with Crippen LogP contribution in [0.1, 0.15) is 58.7 Å². The summed E-state index contributed by atoms with van der Waals surface area (Å²) in [7, 11) is 0. The number of benzene rings is 1. The number of halogens is 1. The van der Waals surface area contributed by atoms with Gasteiger partial charge in [0, 0.05) is 23.0 Å². The van der Waals surface area contributed by atoms with Crippen LogP contribution in [0.4, 0.5) is 4.39 Å². The Balaban J connectivity index is 1.97. The zero-order valence-corrected chi connectivity index (χ0v) is 17.8. The molecule has 5 heteroatoms. The van der Waals surface area contributed by atoms with E-state index in [0.29, 0.717) is 30.9 Å². The van der Waals surface area contributed by atoms with Gasteiger partial charge in [0.25, 0.3) is 0 Å². The van der Waals surface area contributed by atoms with Crippen molar-refractivity contribution in [3.05, 3.63) is 54.0 Å². The molecule has 1 aromatic carbocycles. The Labute approximate surface area is 171 Å². The van der Waals surface area contributed by atoms with Crippen molar-refractivity contribution >= 4 is 11.5 Å². The highest BCUT2D eigenvalue weighted by molar-refractivity contribution is 5.74. The van der Waals surface area contributed by atoms with Gasteiger partial charge in [-0.2, -0.15) is 0 Å². The zero-order valence-electron chi connectivity index (χ0n) is 17.8. The quantitative estimate of drug-likeness (QED) is 0.608. The second-order valence-corrected chi connectivity index (χ2v) is 8.96. The predicted octanol–water partition coefficient (Wildman–Crippen LogP) is 5.69. The fourth-order valence-electron chi connectivity index (χ4n) is 3.44. The van der Waals surface area contributed by atoms with E-state index in [1.807, 2.05) is 33.8 Å². The molecule has 0 spiro atoms. The Morgan fingerprint density at radius 1 is 1.31 bits per heavy atom. The number of nitrogens with zero attached hydrogens (tertiary/aromatic N) is 1. The molecule has 4 nitrogen and oxygen atoms in total. The highest BCUT2D eigenvalue weighted by Gasteiger charge is 2.39. The number of carbonyl (C=O) groups is 1. The number of hydrogen-bond acceptors (Lipinski definition) is 4. The molecule has 1 aliphatic heterocycles. The van der Waals surface area contributed by atoms with E-state index >= 15 is 0 Å². The molecule has 0 aliphatic carbocycles. The molecule has 1 aromatic heterocycles. The van der Waals surface area contributed by atoms with Crippen molar-refractivity contribution in [3.8, 4) is 17.0 Å². The van der Waals surface area contributed by atoms with Crippen molar-refractivity contribution in [1.29, 1.82) is 0 Å². The molecular formula is C24H28FNO3.